The van der Waals surface area contributed by atoms with Crippen LogP contribution in [0.2, 0.25) is 0 Å². The van der Waals surface area contributed by atoms with Gasteiger partial charge in [0.25, 0.3) is 0 Å². The van der Waals surface area contributed by atoms with Gasteiger partial charge in [0.05, 0.1) is 23.8 Å². The van der Waals surface area contributed by atoms with Gasteiger partial charge < -0.3 is 19.9 Å². The zero-order chi connectivity index (χ0) is 25.0. The molecule has 1 aromatic heterocycles. The summed E-state index contributed by atoms with van der Waals surface area (Å²) in [5.41, 5.74) is -0.839. The van der Waals surface area contributed by atoms with Crippen LogP contribution < -0.4 is 5.32 Å². The van der Waals surface area contributed by atoms with Crippen molar-refractivity contribution < 1.29 is 27.1 Å². The van der Waals surface area contributed by atoms with E-state index < -0.39 is 29.0 Å². The molecule has 0 bridgehead atoms. The van der Waals surface area contributed by atoms with Crippen LogP contribution >= 0.6 is 0 Å². The van der Waals surface area contributed by atoms with Crippen molar-refractivity contribution in [3.05, 3.63) is 52.7 Å². The summed E-state index contributed by atoms with van der Waals surface area (Å²) in [5, 5.41) is 3.11. The molecule has 1 N–H and O–H groups in total. The number of likely N-dealkylation sites (N-methyl/N-ethyl adjacent to an activating group) is 1. The Morgan fingerprint density at radius 1 is 1.20 bits per heavy atom. The number of carbonyl (C=O) groups is 1. The molecular weight excluding hydrogens is 466 g/mol. The summed E-state index contributed by atoms with van der Waals surface area (Å²) < 4.78 is 60.0. The summed E-state index contributed by atoms with van der Waals surface area (Å²) in [6, 6.07) is 2.48. The van der Waals surface area contributed by atoms with Gasteiger partial charge in [0.2, 0.25) is 5.91 Å². The summed E-state index contributed by atoms with van der Waals surface area (Å²) in [6.45, 7) is 4.07. The molecule has 3 aliphatic rings. The number of carbonyl (C=O) groups excluding carboxylic acids is 1. The van der Waals surface area contributed by atoms with Crippen molar-refractivity contribution in [3.8, 4) is 0 Å². The van der Waals surface area contributed by atoms with Crippen molar-refractivity contribution in [3.63, 3.8) is 0 Å². The van der Waals surface area contributed by atoms with Crippen molar-refractivity contribution in [1.82, 2.24) is 19.8 Å². The van der Waals surface area contributed by atoms with E-state index in [1.807, 2.05) is 16.8 Å². The molecule has 2 saturated heterocycles. The first kappa shape index (κ1) is 23.9. The zero-order valence-electron chi connectivity index (χ0n) is 19.5. The Morgan fingerprint density at radius 3 is 2.57 bits per heavy atom. The molecule has 7 nitrogen and oxygen atoms in total. The second-order valence-electron chi connectivity index (χ2n) is 9.65. The van der Waals surface area contributed by atoms with E-state index in [0.29, 0.717) is 37.8 Å². The lowest BCUT2D eigenvalue weighted by atomic mass is 9.71. The Hall–Kier alpha value is -2.79. The zero-order valence-corrected chi connectivity index (χ0v) is 19.5. The van der Waals surface area contributed by atoms with Gasteiger partial charge in [-0.15, -0.1) is 0 Å². The van der Waals surface area contributed by atoms with Crippen LogP contribution in [0.25, 0.3) is 0 Å². The third kappa shape index (κ3) is 4.04. The highest BCUT2D eigenvalue weighted by atomic mass is 19.4. The van der Waals surface area contributed by atoms with Gasteiger partial charge in [0.1, 0.15) is 23.4 Å². The van der Waals surface area contributed by atoms with E-state index in [-0.39, 0.29) is 24.1 Å². The monoisotopic (exact) mass is 493 g/mol. The highest BCUT2D eigenvalue weighted by molar-refractivity contribution is 5.92. The van der Waals surface area contributed by atoms with Gasteiger partial charge in [-0.3, -0.25) is 4.79 Å². The Balaban J connectivity index is 1.50. The second-order valence-corrected chi connectivity index (χ2v) is 9.65. The molecule has 0 unspecified atom stereocenters. The number of ether oxygens (including phenoxy) is 1. The van der Waals surface area contributed by atoms with Crippen molar-refractivity contribution in [2.24, 2.45) is 0 Å². The van der Waals surface area contributed by atoms with E-state index in [1.165, 1.54) is 18.5 Å². The lowest BCUT2D eigenvalue weighted by Gasteiger charge is -2.53. The largest absolute Gasteiger partial charge is 0.419 e. The number of hydrogen-bond donors (Lipinski definition) is 1. The van der Waals surface area contributed by atoms with Crippen molar-refractivity contribution >= 4 is 11.7 Å². The summed E-state index contributed by atoms with van der Waals surface area (Å²) in [7, 11) is 1.93. The molecule has 1 spiro atoms. The Morgan fingerprint density at radius 2 is 1.91 bits per heavy atom. The first-order valence-corrected chi connectivity index (χ1v) is 11.7. The number of aromatic nitrogens is 2. The standard InChI is InChI=1S/C24H27F4N5O2/c1-14(16-4-3-5-18(19(16)25)24(26,27)28)31-21-17-10-33(15-6-8-35-9-7-15)22(34)23(11-32(2)12-23)20(17)29-13-30-21/h3-5,13-15H,6-12H2,1-2H3,(H,29,30,31)/t14-/m1/s1. The maximum atomic E-state index is 14.8. The first-order chi connectivity index (χ1) is 16.6. The Bertz CT molecular complexity index is 1130. The van der Waals surface area contributed by atoms with Crippen molar-refractivity contribution in [1.29, 1.82) is 0 Å². The summed E-state index contributed by atoms with van der Waals surface area (Å²) in [6.07, 6.45) is -1.97. The molecule has 1 aromatic carbocycles. The second kappa shape index (κ2) is 8.70. The fraction of sp³-hybridized carbons (Fsp3) is 0.542. The number of amides is 1. The quantitative estimate of drug-likeness (QED) is 0.658. The van der Waals surface area contributed by atoms with Gasteiger partial charge >= 0.3 is 6.18 Å². The molecule has 35 heavy (non-hydrogen) atoms. The molecular formula is C24H27F4N5O2. The molecule has 3 aliphatic heterocycles. The molecule has 11 heteroatoms. The normalized spacial score (nSPS) is 21.5. The maximum absolute atomic E-state index is 14.8. The summed E-state index contributed by atoms with van der Waals surface area (Å²) in [5.74, 6) is -0.867. The highest BCUT2D eigenvalue weighted by Crippen LogP contribution is 2.44. The maximum Gasteiger partial charge on any atom is 0.419 e. The number of nitrogens with one attached hydrogen (secondary N) is 1. The minimum Gasteiger partial charge on any atom is -0.381 e. The molecule has 4 heterocycles. The first-order valence-electron chi connectivity index (χ1n) is 11.7. The van der Waals surface area contributed by atoms with E-state index >= 15 is 0 Å². The van der Waals surface area contributed by atoms with E-state index in [2.05, 4.69) is 15.3 Å². The number of fused-ring (bicyclic) bond motifs is 2. The molecule has 0 saturated carbocycles. The number of halogens is 4. The number of anilines is 1. The summed E-state index contributed by atoms with van der Waals surface area (Å²) >= 11 is 0. The number of hydrogen-bond acceptors (Lipinski definition) is 6. The van der Waals surface area contributed by atoms with Crippen LogP contribution in [0, 0.1) is 5.82 Å². The van der Waals surface area contributed by atoms with Gasteiger partial charge in [0.15, 0.2) is 0 Å². The minimum atomic E-state index is -4.79. The van der Waals surface area contributed by atoms with Gasteiger partial charge in [-0.1, -0.05) is 12.1 Å². The SMILES string of the molecule is C[C@@H](Nc1ncnc2c1CN(C1CCOCC1)C(=O)C21CN(C)C1)c1cccc(C(F)(F)F)c1F. The summed E-state index contributed by atoms with van der Waals surface area (Å²) in [4.78, 5) is 26.5. The van der Waals surface area contributed by atoms with Crippen LogP contribution in [-0.2, 0) is 27.7 Å². The number of benzene rings is 1. The van der Waals surface area contributed by atoms with Crippen LogP contribution in [0.15, 0.2) is 24.5 Å². The lowest BCUT2D eigenvalue weighted by Crippen LogP contribution is -2.69. The van der Waals surface area contributed by atoms with Crippen LogP contribution in [-0.4, -0.2) is 65.1 Å². The number of likely N-dealkylation sites (tertiary alicyclic amines) is 1. The van der Waals surface area contributed by atoms with Crippen molar-refractivity contribution in [2.45, 2.75) is 50.0 Å². The topological polar surface area (TPSA) is 70.6 Å². The molecule has 188 valence electrons. The fourth-order valence-corrected chi connectivity index (χ4v) is 5.56. The predicted octanol–water partition coefficient (Wildman–Crippen LogP) is 3.51. The third-order valence-corrected chi connectivity index (χ3v) is 7.26. The number of nitrogens with zero attached hydrogens (tertiary/aromatic N) is 4. The molecule has 1 amide bonds. The minimum absolute atomic E-state index is 0.0265. The van der Waals surface area contributed by atoms with Crippen LogP contribution in [0.3, 0.4) is 0 Å². The van der Waals surface area contributed by atoms with Gasteiger partial charge in [-0.2, -0.15) is 13.2 Å². The van der Waals surface area contributed by atoms with E-state index in [0.717, 1.165) is 24.5 Å². The van der Waals surface area contributed by atoms with Gasteiger partial charge in [0, 0.05) is 43.5 Å². The number of rotatable bonds is 4. The number of alkyl halides is 3. The van der Waals surface area contributed by atoms with E-state index in [4.69, 9.17) is 4.74 Å². The molecule has 5 rings (SSSR count). The van der Waals surface area contributed by atoms with Crippen LogP contribution in [0.1, 0.15) is 48.2 Å². The van der Waals surface area contributed by atoms with Gasteiger partial charge in [-0.05, 0) is 32.9 Å². The average molecular weight is 494 g/mol. The molecule has 0 aliphatic carbocycles. The third-order valence-electron chi connectivity index (χ3n) is 7.26. The predicted molar refractivity (Wildman–Crippen MR) is 119 cm³/mol. The smallest absolute Gasteiger partial charge is 0.381 e. The van der Waals surface area contributed by atoms with E-state index in [1.54, 1.807) is 6.92 Å². The van der Waals surface area contributed by atoms with E-state index in [9.17, 15) is 22.4 Å². The molecule has 0 radical (unpaired) electrons. The van der Waals surface area contributed by atoms with Crippen LogP contribution in [0.5, 0.6) is 0 Å². The fourth-order valence-electron chi connectivity index (χ4n) is 5.56. The average Bonchev–Trinajstić information content (AvgIpc) is 2.80. The molecule has 2 aromatic rings. The van der Waals surface area contributed by atoms with Crippen molar-refractivity contribution in [2.75, 3.05) is 38.7 Å². The van der Waals surface area contributed by atoms with Crippen LogP contribution in [0.4, 0.5) is 23.4 Å². The molecule has 1 atom stereocenters. The van der Waals surface area contributed by atoms with Gasteiger partial charge in [-0.25, -0.2) is 14.4 Å². The highest BCUT2D eigenvalue weighted by Gasteiger charge is 2.57. The Labute approximate surface area is 200 Å². The lowest BCUT2D eigenvalue weighted by molar-refractivity contribution is -0.151. The molecule has 2 fully saturated rings. The Kier molecular flexibility index (Phi) is 5.95.